The Morgan fingerprint density at radius 3 is 2.42 bits per heavy atom. The molecule has 0 spiro atoms. The van der Waals surface area contributed by atoms with E-state index >= 15 is 0 Å². The fraction of sp³-hybridized carbons (Fsp3) is 1.00. The first-order valence-corrected chi connectivity index (χ1v) is 6.81. The third kappa shape index (κ3) is 10.7. The molecule has 12 heavy (non-hydrogen) atoms. The zero-order valence-corrected chi connectivity index (χ0v) is 9.89. The van der Waals surface area contributed by atoms with Crippen molar-refractivity contribution in [3.63, 3.8) is 0 Å². The van der Waals surface area contributed by atoms with Crippen LogP contribution in [0.3, 0.4) is 0 Å². The molecule has 0 aliphatic heterocycles. The van der Waals surface area contributed by atoms with Gasteiger partial charge in [0.2, 0.25) is 0 Å². The Bertz CT molecular complexity index is 86.6. The highest BCUT2D eigenvalue weighted by Crippen LogP contribution is 2.09. The summed E-state index contributed by atoms with van der Waals surface area (Å²) in [6.45, 7) is 5.56. The van der Waals surface area contributed by atoms with Crippen molar-refractivity contribution in [1.29, 1.82) is 0 Å². The van der Waals surface area contributed by atoms with Crippen LogP contribution in [-0.4, -0.2) is 18.3 Å². The Labute approximate surface area is 85.9 Å². The Morgan fingerprint density at radius 1 is 1.17 bits per heavy atom. The quantitative estimate of drug-likeness (QED) is 0.360. The highest BCUT2D eigenvalue weighted by Gasteiger charge is 1.92. The first-order valence-electron chi connectivity index (χ1n) is 4.77. The van der Waals surface area contributed by atoms with Crippen molar-refractivity contribution in [2.24, 2.45) is 0 Å². The molecule has 0 aromatic carbocycles. The van der Waals surface area contributed by atoms with Crippen molar-refractivity contribution in [2.45, 2.75) is 45.6 Å². The lowest BCUT2D eigenvalue weighted by atomic mass is 10.2. The van der Waals surface area contributed by atoms with E-state index in [1.807, 2.05) is 0 Å². The standard InChI is InChI=1S/C9H21NS2/c1-9(2)10-7-5-3-4-6-8-12-11/h9-11H,3-8H2,1-2H3. The predicted octanol–water partition coefficient (Wildman–Crippen LogP) is 3.12. The molecule has 0 saturated carbocycles. The molecule has 0 aromatic heterocycles. The lowest BCUT2D eigenvalue weighted by molar-refractivity contribution is 0.547. The second-order valence-electron chi connectivity index (χ2n) is 3.36. The summed E-state index contributed by atoms with van der Waals surface area (Å²) in [5.74, 6) is 1.20. The van der Waals surface area contributed by atoms with Crippen molar-refractivity contribution in [1.82, 2.24) is 5.32 Å². The van der Waals surface area contributed by atoms with Crippen LogP contribution in [0.1, 0.15) is 39.5 Å². The first kappa shape index (κ1) is 12.7. The second-order valence-corrected chi connectivity index (χ2v) is 4.80. The lowest BCUT2D eigenvalue weighted by Crippen LogP contribution is -2.23. The van der Waals surface area contributed by atoms with Crippen LogP contribution in [0.25, 0.3) is 0 Å². The maximum atomic E-state index is 4.10. The highest BCUT2D eigenvalue weighted by molar-refractivity contribution is 8.68. The molecule has 74 valence electrons. The normalized spacial score (nSPS) is 11.0. The summed E-state index contributed by atoms with van der Waals surface area (Å²) >= 11 is 4.10. The minimum Gasteiger partial charge on any atom is -0.315 e. The van der Waals surface area contributed by atoms with Crippen LogP contribution in [0, 0.1) is 0 Å². The fourth-order valence-electron chi connectivity index (χ4n) is 1.04. The summed E-state index contributed by atoms with van der Waals surface area (Å²) in [6.07, 6.45) is 5.34. The van der Waals surface area contributed by atoms with Gasteiger partial charge in [-0.3, -0.25) is 0 Å². The largest absolute Gasteiger partial charge is 0.315 e. The van der Waals surface area contributed by atoms with Gasteiger partial charge in [-0.25, -0.2) is 0 Å². The summed E-state index contributed by atoms with van der Waals surface area (Å²) < 4.78 is 0. The Kier molecular flexibility index (Phi) is 10.3. The van der Waals surface area contributed by atoms with Gasteiger partial charge in [0.15, 0.2) is 0 Å². The van der Waals surface area contributed by atoms with Gasteiger partial charge in [0.1, 0.15) is 0 Å². The summed E-state index contributed by atoms with van der Waals surface area (Å²) in [5.41, 5.74) is 0. The third-order valence-corrected chi connectivity index (χ3v) is 2.73. The lowest BCUT2D eigenvalue weighted by Gasteiger charge is -2.06. The van der Waals surface area contributed by atoms with Gasteiger partial charge in [-0.15, -0.1) is 11.7 Å². The van der Waals surface area contributed by atoms with Crippen LogP contribution in [0.2, 0.25) is 0 Å². The maximum absolute atomic E-state index is 4.10. The van der Waals surface area contributed by atoms with E-state index in [0.29, 0.717) is 6.04 Å². The third-order valence-electron chi connectivity index (χ3n) is 1.71. The van der Waals surface area contributed by atoms with Gasteiger partial charge in [0.25, 0.3) is 0 Å². The van der Waals surface area contributed by atoms with Gasteiger partial charge in [-0.05, 0) is 19.4 Å². The number of hydrogen-bond donors (Lipinski definition) is 2. The van der Waals surface area contributed by atoms with Gasteiger partial charge in [0, 0.05) is 11.8 Å². The van der Waals surface area contributed by atoms with Crippen molar-refractivity contribution in [3.05, 3.63) is 0 Å². The molecule has 0 rings (SSSR count). The van der Waals surface area contributed by atoms with Crippen molar-refractivity contribution < 1.29 is 0 Å². The van der Waals surface area contributed by atoms with Crippen LogP contribution in [0.15, 0.2) is 0 Å². The Balaban J connectivity index is 2.82. The highest BCUT2D eigenvalue weighted by atomic mass is 33.1. The van der Waals surface area contributed by atoms with Crippen LogP contribution in [0.5, 0.6) is 0 Å². The number of rotatable bonds is 8. The van der Waals surface area contributed by atoms with E-state index in [-0.39, 0.29) is 0 Å². The van der Waals surface area contributed by atoms with E-state index in [0.717, 1.165) is 0 Å². The zero-order valence-electron chi connectivity index (χ0n) is 8.18. The summed E-state index contributed by atoms with van der Waals surface area (Å²) in [6, 6.07) is 0.637. The summed E-state index contributed by atoms with van der Waals surface area (Å²) in [7, 11) is 1.65. The first-order chi connectivity index (χ1) is 5.77. The van der Waals surface area contributed by atoms with Crippen molar-refractivity contribution >= 4 is 22.5 Å². The smallest absolute Gasteiger partial charge is 0.00345 e. The molecule has 0 heterocycles. The molecule has 0 aromatic rings. The molecule has 3 heteroatoms. The van der Waals surface area contributed by atoms with E-state index in [4.69, 9.17) is 0 Å². The predicted molar refractivity (Wildman–Crippen MR) is 63.1 cm³/mol. The molecule has 0 aliphatic carbocycles. The molecule has 0 saturated heterocycles. The SMILES string of the molecule is CC(C)NCCCCCCSS. The van der Waals surface area contributed by atoms with Gasteiger partial charge in [-0.2, -0.15) is 0 Å². The number of unbranched alkanes of at least 4 members (excludes halogenated alkanes) is 3. The fourth-order valence-corrected chi connectivity index (χ4v) is 1.76. The number of nitrogens with one attached hydrogen (secondary N) is 1. The van der Waals surface area contributed by atoms with Gasteiger partial charge >= 0.3 is 0 Å². The average molecular weight is 207 g/mol. The van der Waals surface area contributed by atoms with Crippen molar-refractivity contribution in [2.75, 3.05) is 12.3 Å². The second kappa shape index (κ2) is 9.75. The van der Waals surface area contributed by atoms with Crippen molar-refractivity contribution in [3.8, 4) is 0 Å². The zero-order chi connectivity index (χ0) is 9.23. The van der Waals surface area contributed by atoms with Crippen LogP contribution in [-0.2, 0) is 0 Å². The minimum absolute atomic E-state index is 0.637. The molecular weight excluding hydrogens is 186 g/mol. The Morgan fingerprint density at radius 2 is 1.83 bits per heavy atom. The summed E-state index contributed by atoms with van der Waals surface area (Å²) in [5, 5.41) is 3.42. The van der Waals surface area contributed by atoms with Crippen LogP contribution >= 0.6 is 22.5 Å². The minimum atomic E-state index is 0.637. The van der Waals surface area contributed by atoms with Gasteiger partial charge in [-0.1, -0.05) is 37.5 Å². The Hall–Kier alpha value is 0.660. The topological polar surface area (TPSA) is 12.0 Å². The molecule has 0 atom stereocenters. The maximum Gasteiger partial charge on any atom is 0.00345 e. The molecule has 0 fully saturated rings. The molecule has 0 unspecified atom stereocenters. The molecule has 0 aliphatic rings. The molecule has 0 bridgehead atoms. The summed E-state index contributed by atoms with van der Waals surface area (Å²) in [4.78, 5) is 0. The monoisotopic (exact) mass is 207 g/mol. The van der Waals surface area contributed by atoms with Crippen LogP contribution < -0.4 is 5.32 Å². The van der Waals surface area contributed by atoms with E-state index in [1.54, 1.807) is 10.8 Å². The molecule has 1 N–H and O–H groups in total. The average Bonchev–Trinajstić information content (AvgIpc) is 2.02. The van der Waals surface area contributed by atoms with E-state index in [2.05, 4.69) is 30.8 Å². The van der Waals surface area contributed by atoms with Crippen LogP contribution in [0.4, 0.5) is 0 Å². The van der Waals surface area contributed by atoms with Gasteiger partial charge in [0.05, 0.1) is 0 Å². The number of hydrogen-bond acceptors (Lipinski definition) is 3. The number of thiol groups is 1. The van der Waals surface area contributed by atoms with E-state index in [1.165, 1.54) is 38.0 Å². The molecular formula is C9H21NS2. The van der Waals surface area contributed by atoms with E-state index < -0.39 is 0 Å². The molecule has 0 radical (unpaired) electrons. The molecule has 0 amide bonds. The van der Waals surface area contributed by atoms with E-state index in [9.17, 15) is 0 Å². The molecule has 1 nitrogen and oxygen atoms in total. The van der Waals surface area contributed by atoms with Gasteiger partial charge < -0.3 is 5.32 Å².